The van der Waals surface area contributed by atoms with Gasteiger partial charge >= 0.3 is 0 Å². The zero-order chi connectivity index (χ0) is 24.0. The minimum absolute atomic E-state index is 0.102. The maximum absolute atomic E-state index is 13.4. The second-order valence-electron chi connectivity index (χ2n) is 8.07. The molecule has 2 aromatic carbocycles. The predicted octanol–water partition coefficient (Wildman–Crippen LogP) is 2.32. The lowest BCUT2D eigenvalue weighted by Crippen LogP contribution is -2.43. The monoisotopic (exact) mass is 479 g/mol. The molecule has 33 heavy (non-hydrogen) atoms. The summed E-state index contributed by atoms with van der Waals surface area (Å²) < 4.78 is 52.0. The van der Waals surface area contributed by atoms with Crippen LogP contribution >= 0.6 is 0 Å². The first kappa shape index (κ1) is 25.1. The minimum atomic E-state index is -3.87. The molecular formula is C23H30FN3O5S. The highest BCUT2D eigenvalue weighted by molar-refractivity contribution is 7.89. The van der Waals surface area contributed by atoms with Gasteiger partial charge in [-0.1, -0.05) is 12.1 Å². The summed E-state index contributed by atoms with van der Waals surface area (Å²) in [6.45, 7) is 6.21. The maximum Gasteiger partial charge on any atom is 0.251 e. The SMILES string of the molecule is COc1ccc(C(=O)NC[C@H](c2ccc(F)cc2)N2CCOCC2)cc1S(=O)(=O)NC(C)C. The maximum atomic E-state index is 13.4. The Balaban J connectivity index is 1.81. The third-order valence-corrected chi connectivity index (χ3v) is 6.98. The fourth-order valence-corrected chi connectivity index (χ4v) is 5.17. The highest BCUT2D eigenvalue weighted by Gasteiger charge is 2.25. The van der Waals surface area contributed by atoms with Gasteiger partial charge in [0.2, 0.25) is 10.0 Å². The van der Waals surface area contributed by atoms with E-state index >= 15 is 0 Å². The molecule has 180 valence electrons. The highest BCUT2D eigenvalue weighted by Crippen LogP contribution is 2.26. The first-order valence-electron chi connectivity index (χ1n) is 10.8. The normalized spacial score (nSPS) is 15.9. The Morgan fingerprint density at radius 3 is 2.42 bits per heavy atom. The third kappa shape index (κ3) is 6.50. The van der Waals surface area contributed by atoms with Crippen LogP contribution in [0.2, 0.25) is 0 Å². The fourth-order valence-electron chi connectivity index (χ4n) is 3.73. The van der Waals surface area contributed by atoms with Crippen LogP contribution in [0.15, 0.2) is 47.4 Å². The van der Waals surface area contributed by atoms with Crippen molar-refractivity contribution in [1.29, 1.82) is 0 Å². The van der Waals surface area contributed by atoms with Gasteiger partial charge in [-0.25, -0.2) is 17.5 Å². The van der Waals surface area contributed by atoms with E-state index in [2.05, 4.69) is 14.9 Å². The van der Waals surface area contributed by atoms with Crippen LogP contribution in [-0.4, -0.2) is 65.2 Å². The number of rotatable bonds is 9. The number of hydrogen-bond acceptors (Lipinski definition) is 6. The van der Waals surface area contributed by atoms with Gasteiger partial charge < -0.3 is 14.8 Å². The molecule has 2 N–H and O–H groups in total. The van der Waals surface area contributed by atoms with Crippen molar-refractivity contribution in [3.8, 4) is 5.75 Å². The van der Waals surface area contributed by atoms with Crippen molar-refractivity contribution in [3.63, 3.8) is 0 Å². The Hall–Kier alpha value is -2.53. The Bertz CT molecular complexity index is 1050. The molecule has 0 radical (unpaired) electrons. The van der Waals surface area contributed by atoms with E-state index in [-0.39, 0.29) is 40.7 Å². The molecule has 1 atom stereocenters. The Labute approximate surface area is 194 Å². The summed E-state index contributed by atoms with van der Waals surface area (Å²) in [6.07, 6.45) is 0. The number of morpholine rings is 1. The van der Waals surface area contributed by atoms with E-state index in [1.165, 1.54) is 37.4 Å². The topological polar surface area (TPSA) is 97.0 Å². The van der Waals surface area contributed by atoms with Crippen molar-refractivity contribution in [2.24, 2.45) is 0 Å². The number of nitrogens with zero attached hydrogens (tertiary/aromatic N) is 1. The van der Waals surface area contributed by atoms with Crippen molar-refractivity contribution in [2.45, 2.75) is 30.8 Å². The summed E-state index contributed by atoms with van der Waals surface area (Å²) in [5, 5.41) is 2.90. The van der Waals surface area contributed by atoms with Gasteiger partial charge in [0.05, 0.1) is 26.4 Å². The van der Waals surface area contributed by atoms with Crippen molar-refractivity contribution >= 4 is 15.9 Å². The quantitative estimate of drug-likeness (QED) is 0.573. The number of carbonyl (C=O) groups excluding carboxylic acids is 1. The molecule has 3 rings (SSSR count). The number of benzene rings is 2. The number of carbonyl (C=O) groups is 1. The second-order valence-corrected chi connectivity index (χ2v) is 9.75. The van der Waals surface area contributed by atoms with E-state index < -0.39 is 15.9 Å². The van der Waals surface area contributed by atoms with Gasteiger partial charge in [-0.2, -0.15) is 0 Å². The van der Waals surface area contributed by atoms with Gasteiger partial charge in [0.1, 0.15) is 16.5 Å². The van der Waals surface area contributed by atoms with Crippen molar-refractivity contribution in [3.05, 3.63) is 59.4 Å². The Kier molecular flexibility index (Phi) is 8.41. The van der Waals surface area contributed by atoms with Gasteiger partial charge in [0.15, 0.2) is 0 Å². The minimum Gasteiger partial charge on any atom is -0.495 e. The molecule has 1 fully saturated rings. The van der Waals surface area contributed by atoms with Crippen molar-refractivity contribution < 1.29 is 27.1 Å². The van der Waals surface area contributed by atoms with Crippen LogP contribution in [0.5, 0.6) is 5.75 Å². The molecule has 1 saturated heterocycles. The lowest BCUT2D eigenvalue weighted by atomic mass is 10.0. The average Bonchev–Trinajstić information content (AvgIpc) is 2.79. The summed E-state index contributed by atoms with van der Waals surface area (Å²) in [7, 11) is -2.49. The molecule has 1 aliphatic heterocycles. The van der Waals surface area contributed by atoms with Crippen LogP contribution in [-0.2, 0) is 14.8 Å². The van der Waals surface area contributed by atoms with Crippen LogP contribution in [0, 0.1) is 5.82 Å². The van der Waals surface area contributed by atoms with E-state index in [9.17, 15) is 17.6 Å². The van der Waals surface area contributed by atoms with E-state index in [1.54, 1.807) is 26.0 Å². The number of halogens is 1. The van der Waals surface area contributed by atoms with Crippen molar-refractivity contribution in [2.75, 3.05) is 40.0 Å². The van der Waals surface area contributed by atoms with Gasteiger partial charge in [-0.05, 0) is 49.7 Å². The Morgan fingerprint density at radius 2 is 1.82 bits per heavy atom. The first-order valence-corrected chi connectivity index (χ1v) is 12.3. The standard InChI is InChI=1S/C23H30FN3O5S/c1-16(2)26-33(29,30)22-14-18(6-9-21(22)31-3)23(28)25-15-20(27-10-12-32-13-11-27)17-4-7-19(24)8-5-17/h4-9,14,16,20,26H,10-13,15H2,1-3H3,(H,25,28)/t20-/m1/s1. The zero-order valence-electron chi connectivity index (χ0n) is 19.0. The highest BCUT2D eigenvalue weighted by atomic mass is 32.2. The number of ether oxygens (including phenoxy) is 2. The number of amides is 1. The van der Waals surface area contributed by atoms with Gasteiger partial charge in [0, 0.05) is 31.2 Å². The number of hydrogen-bond donors (Lipinski definition) is 2. The smallest absolute Gasteiger partial charge is 0.251 e. The molecular weight excluding hydrogens is 449 g/mol. The summed E-state index contributed by atoms with van der Waals surface area (Å²) in [5.74, 6) is -0.596. The molecule has 1 heterocycles. The van der Waals surface area contributed by atoms with E-state index in [1.807, 2.05) is 0 Å². The summed E-state index contributed by atoms with van der Waals surface area (Å²) in [6, 6.07) is 9.99. The Morgan fingerprint density at radius 1 is 1.15 bits per heavy atom. The first-order chi connectivity index (χ1) is 15.7. The molecule has 2 aromatic rings. The van der Waals surface area contributed by atoms with E-state index in [4.69, 9.17) is 9.47 Å². The zero-order valence-corrected chi connectivity index (χ0v) is 19.8. The average molecular weight is 480 g/mol. The van der Waals surface area contributed by atoms with Crippen LogP contribution in [0.4, 0.5) is 4.39 Å². The lowest BCUT2D eigenvalue weighted by molar-refractivity contribution is 0.0162. The largest absolute Gasteiger partial charge is 0.495 e. The molecule has 1 aliphatic rings. The molecule has 0 unspecified atom stereocenters. The lowest BCUT2D eigenvalue weighted by Gasteiger charge is -2.35. The molecule has 0 spiro atoms. The molecule has 0 bridgehead atoms. The molecule has 0 saturated carbocycles. The number of methoxy groups -OCH3 is 1. The molecule has 10 heteroatoms. The molecule has 0 aromatic heterocycles. The van der Waals surface area contributed by atoms with Crippen LogP contribution < -0.4 is 14.8 Å². The van der Waals surface area contributed by atoms with E-state index in [0.29, 0.717) is 26.3 Å². The fraction of sp³-hybridized carbons (Fsp3) is 0.435. The predicted molar refractivity (Wildman–Crippen MR) is 122 cm³/mol. The van der Waals surface area contributed by atoms with Crippen LogP contribution in [0.1, 0.15) is 35.8 Å². The van der Waals surface area contributed by atoms with Crippen LogP contribution in [0.3, 0.4) is 0 Å². The van der Waals surface area contributed by atoms with Gasteiger partial charge in [0.25, 0.3) is 5.91 Å². The summed E-state index contributed by atoms with van der Waals surface area (Å²) >= 11 is 0. The summed E-state index contributed by atoms with van der Waals surface area (Å²) in [5.41, 5.74) is 1.07. The molecule has 1 amide bonds. The van der Waals surface area contributed by atoms with Crippen molar-refractivity contribution in [1.82, 2.24) is 14.9 Å². The molecule has 0 aliphatic carbocycles. The third-order valence-electron chi connectivity index (χ3n) is 5.30. The number of sulfonamides is 1. The van der Waals surface area contributed by atoms with Gasteiger partial charge in [-0.3, -0.25) is 9.69 Å². The number of nitrogens with one attached hydrogen (secondary N) is 2. The van der Waals surface area contributed by atoms with Gasteiger partial charge in [-0.15, -0.1) is 0 Å². The van der Waals surface area contributed by atoms with Crippen LogP contribution in [0.25, 0.3) is 0 Å². The van der Waals surface area contributed by atoms with E-state index in [0.717, 1.165) is 5.56 Å². The second kappa shape index (κ2) is 11.1. The summed E-state index contributed by atoms with van der Waals surface area (Å²) in [4.78, 5) is 15.0. The molecule has 8 nitrogen and oxygen atoms in total.